The van der Waals surface area contributed by atoms with E-state index in [0.29, 0.717) is 18.9 Å². The number of aromatic nitrogens is 1. The number of ether oxygens (including phenoxy) is 1. The van der Waals surface area contributed by atoms with E-state index in [1.807, 2.05) is 19.2 Å². The van der Waals surface area contributed by atoms with Gasteiger partial charge in [0.2, 0.25) is 0 Å². The molecule has 0 N–H and O–H groups in total. The zero-order chi connectivity index (χ0) is 11.5. The van der Waals surface area contributed by atoms with Gasteiger partial charge in [0.1, 0.15) is 11.1 Å². The predicted molar refractivity (Wildman–Crippen MR) is 63.7 cm³/mol. The van der Waals surface area contributed by atoms with Gasteiger partial charge in [0.15, 0.2) is 5.78 Å². The van der Waals surface area contributed by atoms with Crippen molar-refractivity contribution >= 4 is 17.1 Å². The van der Waals surface area contributed by atoms with Crippen molar-refractivity contribution in [1.82, 2.24) is 4.98 Å². The second kappa shape index (κ2) is 5.06. The van der Waals surface area contributed by atoms with Gasteiger partial charge in [-0.1, -0.05) is 0 Å². The molecule has 1 aromatic heterocycles. The maximum absolute atomic E-state index is 12.0. The van der Waals surface area contributed by atoms with Gasteiger partial charge in [0.05, 0.1) is 6.42 Å². The molecule has 2 rings (SSSR count). The first-order chi connectivity index (χ1) is 7.70. The quantitative estimate of drug-likeness (QED) is 0.765. The fourth-order valence-electron chi connectivity index (χ4n) is 1.80. The molecular formula is C12H17NO2S. The molecule has 0 saturated heterocycles. The van der Waals surface area contributed by atoms with Crippen molar-refractivity contribution in [2.45, 2.75) is 39.2 Å². The van der Waals surface area contributed by atoms with Crippen LogP contribution in [0.4, 0.5) is 0 Å². The average molecular weight is 239 g/mol. The number of nitrogens with zero attached hydrogens (tertiary/aromatic N) is 1. The molecule has 0 aliphatic heterocycles. The molecule has 1 unspecified atom stereocenters. The van der Waals surface area contributed by atoms with E-state index in [4.69, 9.17) is 4.74 Å². The molecular weight excluding hydrogens is 222 g/mol. The third-order valence-electron chi connectivity index (χ3n) is 2.71. The van der Waals surface area contributed by atoms with E-state index < -0.39 is 0 Å². The molecule has 0 spiro atoms. The van der Waals surface area contributed by atoms with E-state index >= 15 is 0 Å². The molecule has 88 valence electrons. The van der Waals surface area contributed by atoms with Crippen molar-refractivity contribution < 1.29 is 9.53 Å². The molecule has 4 heteroatoms. The lowest BCUT2D eigenvalue weighted by molar-refractivity contribution is -0.130. The smallest absolute Gasteiger partial charge is 0.168 e. The first-order valence-electron chi connectivity index (χ1n) is 5.76. The average Bonchev–Trinajstić information content (AvgIpc) is 3.00. The second-order valence-electron chi connectivity index (χ2n) is 4.24. The summed E-state index contributed by atoms with van der Waals surface area (Å²) in [5, 5.41) is 2.89. The Morgan fingerprint density at radius 2 is 2.44 bits per heavy atom. The Hall–Kier alpha value is -0.740. The molecule has 1 aliphatic rings. The first-order valence-corrected chi connectivity index (χ1v) is 6.64. The molecule has 3 nitrogen and oxygen atoms in total. The minimum Gasteiger partial charge on any atom is -0.370 e. The lowest BCUT2D eigenvalue weighted by atomic mass is 10.1. The summed E-state index contributed by atoms with van der Waals surface area (Å²) in [5.41, 5.74) is 0.993. The van der Waals surface area contributed by atoms with Crippen LogP contribution in [0.1, 0.15) is 30.5 Å². The van der Waals surface area contributed by atoms with E-state index in [-0.39, 0.29) is 11.9 Å². The Morgan fingerprint density at radius 1 is 1.69 bits per heavy atom. The Morgan fingerprint density at radius 3 is 2.94 bits per heavy atom. The fourth-order valence-corrected chi connectivity index (χ4v) is 2.59. The van der Waals surface area contributed by atoms with Crippen LogP contribution in [0.25, 0.3) is 0 Å². The molecule has 16 heavy (non-hydrogen) atoms. The summed E-state index contributed by atoms with van der Waals surface area (Å²) in [6, 6.07) is 0. The maximum Gasteiger partial charge on any atom is 0.168 e. The van der Waals surface area contributed by atoms with Gasteiger partial charge in [0.25, 0.3) is 0 Å². The summed E-state index contributed by atoms with van der Waals surface area (Å²) in [6.07, 6.45) is 2.51. The molecule has 1 atom stereocenters. The van der Waals surface area contributed by atoms with Crippen LogP contribution in [0.5, 0.6) is 0 Å². The highest BCUT2D eigenvalue weighted by Gasteiger charge is 2.36. The molecule has 1 aliphatic carbocycles. The van der Waals surface area contributed by atoms with Crippen molar-refractivity contribution in [3.05, 3.63) is 16.1 Å². The van der Waals surface area contributed by atoms with Crippen molar-refractivity contribution in [1.29, 1.82) is 0 Å². The molecule has 0 aromatic carbocycles. The number of hydrogen-bond acceptors (Lipinski definition) is 4. The van der Waals surface area contributed by atoms with Gasteiger partial charge in [0, 0.05) is 17.7 Å². The summed E-state index contributed by atoms with van der Waals surface area (Å²) in [7, 11) is 0. The van der Waals surface area contributed by atoms with E-state index in [0.717, 1.165) is 23.5 Å². The largest absolute Gasteiger partial charge is 0.370 e. The van der Waals surface area contributed by atoms with E-state index in [1.54, 1.807) is 11.3 Å². The number of Topliss-reactive ketones (excluding diaryl/α,β-unsaturated/α-hetero) is 1. The second-order valence-corrected chi connectivity index (χ2v) is 5.18. The normalized spacial score (nSPS) is 17.4. The summed E-state index contributed by atoms with van der Waals surface area (Å²) >= 11 is 1.56. The zero-order valence-electron chi connectivity index (χ0n) is 9.73. The van der Waals surface area contributed by atoms with Crippen LogP contribution < -0.4 is 0 Å². The van der Waals surface area contributed by atoms with Gasteiger partial charge in [-0.2, -0.15) is 0 Å². The molecule has 0 amide bonds. The highest BCUT2D eigenvalue weighted by atomic mass is 32.1. The SMILES string of the molecule is CCOC(C(=O)Cc1nc(C)cs1)C1CC1. The number of aryl methyl sites for hydroxylation is 1. The Kier molecular flexibility index (Phi) is 3.71. The molecule has 1 fully saturated rings. The standard InChI is InChI=1S/C12H17NO2S/c1-3-15-12(9-4-5-9)10(14)6-11-13-8(2)7-16-11/h7,9,12H,3-6H2,1-2H3. The summed E-state index contributed by atoms with van der Waals surface area (Å²) in [4.78, 5) is 16.4. The van der Waals surface area contributed by atoms with Gasteiger partial charge in [-0.05, 0) is 32.6 Å². The summed E-state index contributed by atoms with van der Waals surface area (Å²) < 4.78 is 5.53. The van der Waals surface area contributed by atoms with Gasteiger partial charge >= 0.3 is 0 Å². The minimum absolute atomic E-state index is 0.186. The van der Waals surface area contributed by atoms with Crippen LogP contribution in [-0.2, 0) is 16.0 Å². The highest BCUT2D eigenvalue weighted by Crippen LogP contribution is 2.35. The highest BCUT2D eigenvalue weighted by molar-refractivity contribution is 7.09. The molecule has 1 saturated carbocycles. The zero-order valence-corrected chi connectivity index (χ0v) is 10.5. The van der Waals surface area contributed by atoms with Gasteiger partial charge in [-0.15, -0.1) is 11.3 Å². The number of carbonyl (C=O) groups excluding carboxylic acids is 1. The fraction of sp³-hybridized carbons (Fsp3) is 0.667. The van der Waals surface area contributed by atoms with E-state index in [2.05, 4.69) is 4.98 Å². The molecule has 0 radical (unpaired) electrons. The van der Waals surface area contributed by atoms with Gasteiger partial charge in [-0.25, -0.2) is 4.98 Å². The van der Waals surface area contributed by atoms with Crippen LogP contribution in [0.2, 0.25) is 0 Å². The Labute approximate surface area is 99.8 Å². The van der Waals surface area contributed by atoms with E-state index in [9.17, 15) is 4.79 Å². The summed E-state index contributed by atoms with van der Waals surface area (Å²) in [5.74, 6) is 0.659. The van der Waals surface area contributed by atoms with Crippen LogP contribution in [-0.4, -0.2) is 23.5 Å². The van der Waals surface area contributed by atoms with Crippen LogP contribution in [0.15, 0.2) is 5.38 Å². The number of ketones is 1. The number of hydrogen-bond donors (Lipinski definition) is 0. The number of thiazole rings is 1. The molecule has 1 heterocycles. The number of rotatable bonds is 6. The van der Waals surface area contributed by atoms with Crippen LogP contribution >= 0.6 is 11.3 Å². The molecule has 0 bridgehead atoms. The van der Waals surface area contributed by atoms with Gasteiger partial charge < -0.3 is 4.74 Å². The first kappa shape index (κ1) is 11.7. The lowest BCUT2D eigenvalue weighted by Crippen LogP contribution is -2.28. The summed E-state index contributed by atoms with van der Waals surface area (Å²) in [6.45, 7) is 4.51. The monoisotopic (exact) mass is 239 g/mol. The van der Waals surface area contributed by atoms with Gasteiger partial charge in [-0.3, -0.25) is 4.79 Å². The van der Waals surface area contributed by atoms with Crippen molar-refractivity contribution in [2.24, 2.45) is 5.92 Å². The number of carbonyl (C=O) groups is 1. The third-order valence-corrected chi connectivity index (χ3v) is 3.67. The van der Waals surface area contributed by atoms with Crippen molar-refractivity contribution in [3.8, 4) is 0 Å². The topological polar surface area (TPSA) is 39.2 Å². The Bertz CT molecular complexity index is 371. The Balaban J connectivity index is 1.94. The van der Waals surface area contributed by atoms with Crippen molar-refractivity contribution in [3.63, 3.8) is 0 Å². The maximum atomic E-state index is 12.0. The van der Waals surface area contributed by atoms with Crippen molar-refractivity contribution in [2.75, 3.05) is 6.61 Å². The minimum atomic E-state index is -0.186. The van der Waals surface area contributed by atoms with Crippen LogP contribution in [0.3, 0.4) is 0 Å². The molecule has 1 aromatic rings. The van der Waals surface area contributed by atoms with Crippen LogP contribution in [0, 0.1) is 12.8 Å². The van der Waals surface area contributed by atoms with E-state index in [1.165, 1.54) is 0 Å². The third kappa shape index (κ3) is 2.89. The predicted octanol–water partition coefficient (Wildman–Crippen LogP) is 2.38. The lowest BCUT2D eigenvalue weighted by Gasteiger charge is -2.13.